The van der Waals surface area contributed by atoms with Gasteiger partial charge < -0.3 is 24.5 Å². The van der Waals surface area contributed by atoms with Crippen LogP contribution in [-0.4, -0.2) is 0 Å². The molecule has 25 aromatic rings. The van der Waals surface area contributed by atoms with Crippen LogP contribution in [-0.2, 0) is 0 Å². The highest BCUT2D eigenvalue weighted by atomic mass is 15.2. The highest BCUT2D eigenvalue weighted by Gasteiger charge is 2.24. The van der Waals surface area contributed by atoms with E-state index >= 15 is 0 Å². The first kappa shape index (κ1) is 88.7. The molecule has 0 radical (unpaired) electrons. The van der Waals surface area contributed by atoms with Crippen molar-refractivity contribution in [1.29, 1.82) is 0 Å². The van der Waals surface area contributed by atoms with Crippen molar-refractivity contribution < 1.29 is 0 Å². The van der Waals surface area contributed by atoms with Crippen molar-refractivity contribution in [3.8, 4) is 0 Å². The Balaban J connectivity index is 0.000000104. The molecule has 0 amide bonds. The molecule has 0 bridgehead atoms. The maximum absolute atomic E-state index is 2.39. The average Bonchev–Trinajstić information content (AvgIpc) is 0.761. The molecule has 0 saturated carbocycles. The molecule has 5 heteroatoms. The third-order valence-electron chi connectivity index (χ3n) is 26.4. The number of fused-ring (bicyclic) bond motifs is 10. The Bertz CT molecular complexity index is 8450. The number of nitrogens with zero attached hydrogens (tertiary/aromatic N) is 5. The second-order valence-electron chi connectivity index (χ2n) is 36.0. The predicted molar refractivity (Wildman–Crippen MR) is 604 cm³/mol. The minimum absolute atomic E-state index is 1.16. The summed E-state index contributed by atoms with van der Waals surface area (Å²) in [5.41, 5.74) is 24.0. The van der Waals surface area contributed by atoms with Crippen molar-refractivity contribution >= 4 is 193 Å². The summed E-state index contributed by atoms with van der Waals surface area (Å²) >= 11 is 0. The van der Waals surface area contributed by atoms with E-state index in [1.807, 2.05) is 0 Å². The predicted octanol–water partition coefficient (Wildman–Crippen LogP) is 38.9. The summed E-state index contributed by atoms with van der Waals surface area (Å²) in [5.74, 6) is 0. The highest BCUT2D eigenvalue weighted by Crippen LogP contribution is 2.48. The molecule has 0 saturated heterocycles. The smallest absolute Gasteiger partial charge is 0.0540 e. The van der Waals surface area contributed by atoms with Gasteiger partial charge in [0.1, 0.15) is 0 Å². The quantitative estimate of drug-likeness (QED) is 0.101. The molecule has 0 heterocycles. The Morgan fingerprint density at radius 3 is 0.536 bits per heavy atom. The molecular formula is C135H105N5. The first-order chi connectivity index (χ1) is 69.0. The molecule has 0 aliphatic heterocycles. The van der Waals surface area contributed by atoms with Gasteiger partial charge in [0.25, 0.3) is 0 Å². The molecule has 140 heavy (non-hydrogen) atoms. The lowest BCUT2D eigenvalue weighted by Gasteiger charge is -2.28. The second-order valence-corrected chi connectivity index (χ2v) is 36.0. The zero-order chi connectivity index (χ0) is 94.6. The second kappa shape index (κ2) is 40.7. The molecule has 0 aliphatic rings. The first-order valence-electron chi connectivity index (χ1n) is 48.2. The normalized spacial score (nSPS) is 11.0. The van der Waals surface area contributed by atoms with Crippen LogP contribution in [0.3, 0.4) is 0 Å². The van der Waals surface area contributed by atoms with Crippen LogP contribution >= 0.6 is 0 Å². The third-order valence-corrected chi connectivity index (χ3v) is 26.4. The van der Waals surface area contributed by atoms with Crippen LogP contribution < -0.4 is 24.5 Å². The van der Waals surface area contributed by atoms with Crippen LogP contribution in [0.4, 0.5) is 85.3 Å². The topological polar surface area (TPSA) is 16.2 Å². The third kappa shape index (κ3) is 19.2. The zero-order valence-electron chi connectivity index (χ0n) is 79.2. The molecule has 0 spiro atoms. The molecule has 25 aromatic carbocycles. The van der Waals surface area contributed by atoms with Gasteiger partial charge in [0.2, 0.25) is 0 Å². The zero-order valence-corrected chi connectivity index (χ0v) is 79.2. The molecule has 0 atom stereocenters. The van der Waals surface area contributed by atoms with Crippen molar-refractivity contribution in [2.45, 2.75) is 34.6 Å². The number of hydrogen-bond acceptors (Lipinski definition) is 5. The Morgan fingerprint density at radius 2 is 0.271 bits per heavy atom. The van der Waals surface area contributed by atoms with Crippen molar-refractivity contribution in [3.05, 3.63) is 574 Å². The van der Waals surface area contributed by atoms with Gasteiger partial charge in [0, 0.05) is 83.5 Å². The largest absolute Gasteiger partial charge is 0.310 e. The first-order valence-corrected chi connectivity index (χ1v) is 48.2. The summed E-state index contributed by atoms with van der Waals surface area (Å²) in [6.07, 6.45) is 0. The lowest BCUT2D eigenvalue weighted by atomic mass is 10.0. The van der Waals surface area contributed by atoms with Crippen LogP contribution in [0.25, 0.3) is 108 Å². The molecule has 0 N–H and O–H groups in total. The molecule has 0 fully saturated rings. The van der Waals surface area contributed by atoms with E-state index in [1.165, 1.54) is 198 Å². The van der Waals surface area contributed by atoms with E-state index in [4.69, 9.17) is 0 Å². The standard InChI is InChI=1S/5C27H21N/c1-20-9-6-14-23(19-20)28(26-17-7-12-21-10-2-4-15-24(21)26)27-18-8-13-22-11-3-5-16-25(22)27;1-20-16-18-23(19-17-20)28(26-14-6-10-21-8-2-4-12-24(21)26)27-15-7-11-22-9-3-5-13-25(22)27;1-20-10-14-25(15-11-20)28(26-16-12-21-6-2-4-8-23(21)18-26)27-17-13-22-7-3-5-9-24(22)19-27;1-20-8-6-13-24(18-20)28(25-17-16-21-9-2-3-11-23(21)19-25)27-15-7-12-22-10-4-5-14-26(22)27;1-20-13-16-24(17-14-20)28(25-18-15-21-7-2-3-9-23(21)19-25)27-12-6-10-22-8-4-5-11-26(22)27/h5*2-19H,1H3. The number of aryl methyl sites for hydroxylation is 5. The maximum atomic E-state index is 2.39. The van der Waals surface area contributed by atoms with Gasteiger partial charge in [-0.15, -0.1) is 0 Å². The molecule has 0 unspecified atom stereocenters. The molecule has 0 aromatic heterocycles. The Kier molecular flexibility index (Phi) is 25.8. The van der Waals surface area contributed by atoms with Crippen molar-refractivity contribution in [1.82, 2.24) is 0 Å². The van der Waals surface area contributed by atoms with E-state index in [-0.39, 0.29) is 0 Å². The van der Waals surface area contributed by atoms with Crippen LogP contribution in [0.1, 0.15) is 27.8 Å². The van der Waals surface area contributed by atoms with Gasteiger partial charge in [-0.1, -0.05) is 417 Å². The number of hydrogen-bond donors (Lipinski definition) is 0. The van der Waals surface area contributed by atoms with Crippen LogP contribution in [0.5, 0.6) is 0 Å². The number of rotatable bonds is 15. The summed E-state index contributed by atoms with van der Waals surface area (Å²) < 4.78 is 0. The van der Waals surface area contributed by atoms with Crippen LogP contribution in [0, 0.1) is 34.6 Å². The summed E-state index contributed by atoms with van der Waals surface area (Å²) in [6.45, 7) is 10.7. The summed E-state index contributed by atoms with van der Waals surface area (Å²) in [5, 5.41) is 25.0. The maximum Gasteiger partial charge on any atom is 0.0540 e. The van der Waals surface area contributed by atoms with Crippen molar-refractivity contribution in [2.75, 3.05) is 24.5 Å². The van der Waals surface area contributed by atoms with E-state index < -0.39 is 0 Å². The van der Waals surface area contributed by atoms with Crippen LogP contribution in [0.2, 0.25) is 0 Å². The van der Waals surface area contributed by atoms with Gasteiger partial charge in [-0.05, 0) is 267 Å². The van der Waals surface area contributed by atoms with Gasteiger partial charge in [0.05, 0.1) is 34.1 Å². The van der Waals surface area contributed by atoms with Gasteiger partial charge >= 0.3 is 0 Å². The molecule has 5 nitrogen and oxygen atoms in total. The van der Waals surface area contributed by atoms with E-state index in [2.05, 4.69) is 605 Å². The van der Waals surface area contributed by atoms with Gasteiger partial charge in [-0.25, -0.2) is 0 Å². The highest BCUT2D eigenvalue weighted by molar-refractivity contribution is 6.09. The van der Waals surface area contributed by atoms with Gasteiger partial charge in [0.15, 0.2) is 0 Å². The minimum atomic E-state index is 1.16. The minimum Gasteiger partial charge on any atom is -0.310 e. The molecule has 25 rings (SSSR count). The van der Waals surface area contributed by atoms with Crippen molar-refractivity contribution in [3.63, 3.8) is 0 Å². The van der Waals surface area contributed by atoms with Crippen LogP contribution in [0.15, 0.2) is 546 Å². The van der Waals surface area contributed by atoms with E-state index in [0.717, 1.165) is 22.7 Å². The molecular weight excluding hydrogens is 1690 g/mol. The monoisotopic (exact) mass is 1800 g/mol. The summed E-state index contributed by atoms with van der Waals surface area (Å²) in [7, 11) is 0. The Labute approximate surface area is 820 Å². The number of benzene rings is 25. The van der Waals surface area contributed by atoms with E-state index in [0.29, 0.717) is 0 Å². The molecule has 670 valence electrons. The lowest BCUT2D eigenvalue weighted by molar-refractivity contribution is 1.28. The van der Waals surface area contributed by atoms with Gasteiger partial charge in [-0.3, -0.25) is 0 Å². The summed E-state index contributed by atoms with van der Waals surface area (Å²) in [6, 6.07) is 195. The Hall–Kier alpha value is -17.9. The molecule has 0 aliphatic carbocycles. The SMILES string of the molecule is Cc1ccc(N(c2ccc3ccccc3c2)c2ccc3ccccc3c2)cc1.Cc1ccc(N(c2ccc3ccccc3c2)c2cccc3ccccc23)cc1.Cc1ccc(N(c2cccc3ccccc23)c2cccc3ccccc23)cc1.Cc1cccc(N(c2ccc3ccccc3c2)c2cccc3ccccc23)c1.Cc1cccc(N(c2cccc3ccccc23)c2cccc3ccccc23)c1. The van der Waals surface area contributed by atoms with Crippen molar-refractivity contribution in [2.24, 2.45) is 0 Å². The fourth-order valence-electron chi connectivity index (χ4n) is 19.4. The lowest BCUT2D eigenvalue weighted by Crippen LogP contribution is -2.11. The fraction of sp³-hybridized carbons (Fsp3) is 0.0370. The Morgan fingerprint density at radius 1 is 0.100 bits per heavy atom. The van der Waals surface area contributed by atoms with Gasteiger partial charge in [-0.2, -0.15) is 0 Å². The number of anilines is 15. The van der Waals surface area contributed by atoms with E-state index in [1.54, 1.807) is 0 Å². The van der Waals surface area contributed by atoms with E-state index in [9.17, 15) is 0 Å². The summed E-state index contributed by atoms with van der Waals surface area (Å²) in [4.78, 5) is 11.8. The fourth-order valence-corrected chi connectivity index (χ4v) is 19.4. The average molecular weight is 1800 g/mol.